The van der Waals surface area contributed by atoms with E-state index in [1.54, 1.807) is 24.3 Å². The lowest BCUT2D eigenvalue weighted by Gasteiger charge is -1.99. The summed E-state index contributed by atoms with van der Waals surface area (Å²) < 4.78 is 0. The van der Waals surface area contributed by atoms with Crippen LogP contribution >= 0.6 is 12.4 Å². The second-order valence-electron chi connectivity index (χ2n) is 2.55. The average molecular weight is 199 g/mol. The number of hydrogen-bond acceptors (Lipinski definition) is 2. The third kappa shape index (κ3) is 2.87. The molecule has 0 fully saturated rings. The van der Waals surface area contributed by atoms with Crippen LogP contribution in [0.2, 0.25) is 0 Å². The van der Waals surface area contributed by atoms with Gasteiger partial charge in [0, 0.05) is 11.1 Å². The summed E-state index contributed by atoms with van der Waals surface area (Å²) >= 11 is 0. The molecule has 0 radical (unpaired) electrons. The lowest BCUT2D eigenvalue weighted by molar-refractivity contribution is 0.101. The molecule has 0 aliphatic rings. The van der Waals surface area contributed by atoms with Gasteiger partial charge in [-0.1, -0.05) is 18.2 Å². The first-order valence-electron chi connectivity index (χ1n) is 3.56. The zero-order valence-corrected chi connectivity index (χ0v) is 8.02. The highest BCUT2D eigenvalue weighted by molar-refractivity contribution is 5.99. The topological polar surface area (TPSA) is 66.9 Å². The number of amidine groups is 1. The van der Waals surface area contributed by atoms with Crippen LogP contribution in [-0.2, 0) is 0 Å². The molecule has 0 unspecified atom stereocenters. The second-order valence-corrected chi connectivity index (χ2v) is 2.55. The van der Waals surface area contributed by atoms with E-state index in [0.717, 1.165) is 0 Å². The van der Waals surface area contributed by atoms with Gasteiger partial charge in [-0.2, -0.15) is 0 Å². The molecule has 0 saturated heterocycles. The summed E-state index contributed by atoms with van der Waals surface area (Å²) in [7, 11) is 0. The molecule has 0 bridgehead atoms. The highest BCUT2D eigenvalue weighted by atomic mass is 35.5. The number of hydrogen-bond donors (Lipinski definition) is 2. The summed E-state index contributed by atoms with van der Waals surface area (Å²) in [6.07, 6.45) is 0. The van der Waals surface area contributed by atoms with E-state index in [-0.39, 0.29) is 24.0 Å². The van der Waals surface area contributed by atoms with Crippen molar-refractivity contribution in [1.29, 1.82) is 5.41 Å². The molecule has 0 saturated carbocycles. The number of Topliss-reactive ketones (excluding diaryl/α,β-unsaturated/α-hetero) is 1. The third-order valence-electron chi connectivity index (χ3n) is 1.58. The molecule has 1 aromatic rings. The predicted octanol–water partition coefficient (Wildman–Crippen LogP) is 1.60. The van der Waals surface area contributed by atoms with Gasteiger partial charge in [-0.3, -0.25) is 10.2 Å². The van der Waals surface area contributed by atoms with Crippen molar-refractivity contribution in [3.63, 3.8) is 0 Å². The second kappa shape index (κ2) is 4.62. The summed E-state index contributed by atoms with van der Waals surface area (Å²) in [5.41, 5.74) is 6.43. The van der Waals surface area contributed by atoms with Gasteiger partial charge >= 0.3 is 0 Å². The van der Waals surface area contributed by atoms with Crippen molar-refractivity contribution in [2.45, 2.75) is 6.92 Å². The molecule has 0 aromatic heterocycles. The predicted molar refractivity (Wildman–Crippen MR) is 54.7 cm³/mol. The van der Waals surface area contributed by atoms with Gasteiger partial charge in [-0.15, -0.1) is 12.4 Å². The van der Waals surface area contributed by atoms with E-state index in [1.807, 2.05) is 0 Å². The zero-order chi connectivity index (χ0) is 9.14. The normalized spacial score (nSPS) is 8.69. The fourth-order valence-electron chi connectivity index (χ4n) is 0.906. The van der Waals surface area contributed by atoms with Crippen LogP contribution in [0.15, 0.2) is 24.3 Å². The van der Waals surface area contributed by atoms with E-state index in [9.17, 15) is 4.79 Å². The number of nitrogens with one attached hydrogen (secondary N) is 1. The number of halogens is 1. The Kier molecular flexibility index (Phi) is 4.14. The Bertz CT molecular complexity index is 307. The smallest absolute Gasteiger partial charge is 0.159 e. The monoisotopic (exact) mass is 198 g/mol. The number of nitrogens with two attached hydrogens (primary N) is 1. The first-order valence-corrected chi connectivity index (χ1v) is 3.56. The van der Waals surface area contributed by atoms with Crippen molar-refractivity contribution in [1.82, 2.24) is 0 Å². The van der Waals surface area contributed by atoms with Crippen LogP contribution in [0.25, 0.3) is 0 Å². The Morgan fingerprint density at radius 1 is 1.38 bits per heavy atom. The van der Waals surface area contributed by atoms with Gasteiger partial charge in [-0.25, -0.2) is 0 Å². The van der Waals surface area contributed by atoms with Crippen LogP contribution in [0, 0.1) is 5.41 Å². The molecule has 0 aliphatic carbocycles. The van der Waals surface area contributed by atoms with Gasteiger partial charge in [0.1, 0.15) is 5.84 Å². The van der Waals surface area contributed by atoms with Crippen molar-refractivity contribution in [2.24, 2.45) is 5.73 Å². The number of benzene rings is 1. The molecule has 0 aliphatic heterocycles. The fraction of sp³-hybridized carbons (Fsp3) is 0.111. The molecule has 70 valence electrons. The van der Waals surface area contributed by atoms with E-state index in [4.69, 9.17) is 11.1 Å². The van der Waals surface area contributed by atoms with Gasteiger partial charge in [-0.05, 0) is 13.0 Å². The van der Waals surface area contributed by atoms with Crippen molar-refractivity contribution < 1.29 is 4.79 Å². The first kappa shape index (κ1) is 11.6. The minimum Gasteiger partial charge on any atom is -0.384 e. The maximum Gasteiger partial charge on any atom is 0.159 e. The maximum absolute atomic E-state index is 10.9. The summed E-state index contributed by atoms with van der Waals surface area (Å²) in [6, 6.07) is 6.74. The van der Waals surface area contributed by atoms with Gasteiger partial charge in [0.2, 0.25) is 0 Å². The molecule has 0 spiro atoms. The van der Waals surface area contributed by atoms with Crippen molar-refractivity contribution in [3.8, 4) is 0 Å². The highest BCUT2D eigenvalue weighted by Crippen LogP contribution is 2.04. The molecule has 4 heteroatoms. The van der Waals surface area contributed by atoms with E-state index >= 15 is 0 Å². The summed E-state index contributed by atoms with van der Waals surface area (Å²) in [4.78, 5) is 10.9. The molecule has 0 amide bonds. The Morgan fingerprint density at radius 3 is 2.38 bits per heavy atom. The molecular formula is C9H11ClN2O. The van der Waals surface area contributed by atoms with Crippen molar-refractivity contribution >= 4 is 24.0 Å². The molecule has 0 atom stereocenters. The standard InChI is InChI=1S/C9H10N2O.ClH/c1-6(12)7-3-2-4-8(5-7)9(10)11;/h2-5H,1H3,(H3,10,11);1H. The first-order chi connectivity index (χ1) is 5.61. The molecular weight excluding hydrogens is 188 g/mol. The Morgan fingerprint density at radius 2 is 1.92 bits per heavy atom. The zero-order valence-electron chi connectivity index (χ0n) is 7.20. The summed E-state index contributed by atoms with van der Waals surface area (Å²) in [5.74, 6) is -0.0313. The molecule has 1 aromatic carbocycles. The Labute approximate surface area is 82.9 Å². The Hall–Kier alpha value is -1.35. The lowest BCUT2D eigenvalue weighted by atomic mass is 10.1. The molecule has 3 nitrogen and oxygen atoms in total. The number of nitrogen functional groups attached to an aromatic ring is 1. The van der Waals surface area contributed by atoms with Gasteiger partial charge in [0.15, 0.2) is 5.78 Å². The van der Waals surface area contributed by atoms with Crippen LogP contribution in [0.3, 0.4) is 0 Å². The van der Waals surface area contributed by atoms with E-state index in [2.05, 4.69) is 0 Å². The maximum atomic E-state index is 10.9. The molecule has 3 N–H and O–H groups in total. The molecule has 13 heavy (non-hydrogen) atoms. The van der Waals surface area contributed by atoms with E-state index < -0.39 is 0 Å². The van der Waals surface area contributed by atoms with E-state index in [0.29, 0.717) is 11.1 Å². The van der Waals surface area contributed by atoms with E-state index in [1.165, 1.54) is 6.92 Å². The van der Waals surface area contributed by atoms with Crippen LogP contribution in [0.1, 0.15) is 22.8 Å². The highest BCUT2D eigenvalue weighted by Gasteiger charge is 2.01. The molecule has 0 heterocycles. The van der Waals surface area contributed by atoms with Crippen LogP contribution < -0.4 is 5.73 Å². The lowest BCUT2D eigenvalue weighted by Crippen LogP contribution is -2.11. The number of carbonyl (C=O) groups excluding carboxylic acids is 1. The number of rotatable bonds is 2. The minimum absolute atomic E-state index is 0. The van der Waals surface area contributed by atoms with Gasteiger partial charge < -0.3 is 5.73 Å². The van der Waals surface area contributed by atoms with Crippen molar-refractivity contribution in [2.75, 3.05) is 0 Å². The van der Waals surface area contributed by atoms with Crippen LogP contribution in [0.5, 0.6) is 0 Å². The van der Waals surface area contributed by atoms with Crippen LogP contribution in [-0.4, -0.2) is 11.6 Å². The number of ketones is 1. The summed E-state index contributed by atoms with van der Waals surface area (Å²) in [5, 5.41) is 7.14. The average Bonchev–Trinajstić information content (AvgIpc) is 2.04. The molecule has 1 rings (SSSR count). The van der Waals surface area contributed by atoms with Crippen LogP contribution in [0.4, 0.5) is 0 Å². The van der Waals surface area contributed by atoms with Gasteiger partial charge in [0.25, 0.3) is 0 Å². The fourth-order valence-corrected chi connectivity index (χ4v) is 0.906. The quantitative estimate of drug-likeness (QED) is 0.431. The third-order valence-corrected chi connectivity index (χ3v) is 1.58. The van der Waals surface area contributed by atoms with Crippen molar-refractivity contribution in [3.05, 3.63) is 35.4 Å². The number of carbonyl (C=O) groups is 1. The minimum atomic E-state index is -0.0156. The SMILES string of the molecule is CC(=O)c1cccc(C(=N)N)c1.Cl. The Balaban J connectivity index is 0.00000144. The summed E-state index contributed by atoms with van der Waals surface area (Å²) in [6.45, 7) is 1.49. The largest absolute Gasteiger partial charge is 0.384 e. The van der Waals surface area contributed by atoms with Gasteiger partial charge in [0.05, 0.1) is 0 Å².